The monoisotopic (exact) mass is 214 g/mol. The lowest BCUT2D eigenvalue weighted by Crippen LogP contribution is -2.07. The molecule has 0 N–H and O–H groups in total. The van der Waals surface area contributed by atoms with E-state index in [0.29, 0.717) is 12.1 Å². The summed E-state index contributed by atoms with van der Waals surface area (Å²) in [6, 6.07) is 9.55. The maximum Gasteiger partial charge on any atom is 0.300 e. The molecule has 1 amide bonds. The second kappa shape index (κ2) is 4.18. The minimum Gasteiger partial charge on any atom is -0.294 e. The van der Waals surface area contributed by atoms with E-state index in [-0.39, 0.29) is 11.4 Å². The predicted octanol–water partition coefficient (Wildman–Crippen LogP) is 2.06. The third kappa shape index (κ3) is 1.95. The van der Waals surface area contributed by atoms with E-state index in [2.05, 4.69) is 10.2 Å². The predicted molar refractivity (Wildman–Crippen MR) is 57.7 cm³/mol. The van der Waals surface area contributed by atoms with Gasteiger partial charge in [0.15, 0.2) is 5.78 Å². The van der Waals surface area contributed by atoms with E-state index < -0.39 is 5.91 Å². The summed E-state index contributed by atoms with van der Waals surface area (Å²) in [5.74, 6) is -0.806. The molecule has 1 aromatic rings. The zero-order chi connectivity index (χ0) is 11.5. The van der Waals surface area contributed by atoms with Gasteiger partial charge in [-0.05, 0) is 12.5 Å². The van der Waals surface area contributed by atoms with E-state index in [1.165, 1.54) is 6.92 Å². The van der Waals surface area contributed by atoms with Gasteiger partial charge in [-0.3, -0.25) is 9.59 Å². The summed E-state index contributed by atoms with van der Waals surface area (Å²) < 4.78 is 0. The highest BCUT2D eigenvalue weighted by Crippen LogP contribution is 2.21. The number of hydrogen-bond donors (Lipinski definition) is 0. The molecule has 1 aliphatic rings. The minimum absolute atomic E-state index is 0.115. The molecule has 2 rings (SSSR count). The number of benzene rings is 1. The summed E-state index contributed by atoms with van der Waals surface area (Å²) >= 11 is 0. The molecule has 1 aliphatic heterocycles. The Balaban J connectivity index is 2.31. The zero-order valence-corrected chi connectivity index (χ0v) is 8.80. The number of allylic oxidation sites excluding steroid dienone is 1. The van der Waals surface area contributed by atoms with Crippen LogP contribution in [0.4, 0.5) is 0 Å². The van der Waals surface area contributed by atoms with E-state index in [1.54, 1.807) is 0 Å². The lowest BCUT2D eigenvalue weighted by atomic mass is 10.0. The number of amides is 1. The molecule has 0 atom stereocenters. The molecule has 4 nitrogen and oxygen atoms in total. The molecule has 1 aromatic carbocycles. The maximum atomic E-state index is 11.3. The first-order chi connectivity index (χ1) is 7.68. The van der Waals surface area contributed by atoms with Crippen molar-refractivity contribution in [3.05, 3.63) is 47.2 Å². The molecule has 0 bridgehead atoms. The molecule has 80 valence electrons. The standard InChI is InChI=1S/C12H10N2O2/c1-8(15)11-10(13-14-12(11)16)7-9-5-3-2-4-6-9/h2-6H,7H2,1H3. The highest BCUT2D eigenvalue weighted by atomic mass is 16.2. The molecule has 0 saturated heterocycles. The van der Waals surface area contributed by atoms with E-state index in [4.69, 9.17) is 0 Å². The molecule has 0 spiro atoms. The average Bonchev–Trinajstić information content (AvgIpc) is 2.61. The molecule has 0 fully saturated rings. The van der Waals surface area contributed by atoms with Crippen molar-refractivity contribution in [1.29, 1.82) is 0 Å². The number of rotatable bonds is 3. The SMILES string of the molecule is CC(=O)C1=C(Cc2ccccc2)N=NC1=O. The smallest absolute Gasteiger partial charge is 0.294 e. The molecule has 0 saturated carbocycles. The Morgan fingerprint density at radius 3 is 2.50 bits per heavy atom. The number of carbonyl (C=O) groups excluding carboxylic acids is 2. The van der Waals surface area contributed by atoms with Crippen LogP contribution in [-0.4, -0.2) is 11.7 Å². The topological polar surface area (TPSA) is 58.9 Å². The summed E-state index contributed by atoms with van der Waals surface area (Å²) in [4.78, 5) is 22.5. The van der Waals surface area contributed by atoms with Gasteiger partial charge in [0.2, 0.25) is 0 Å². The lowest BCUT2D eigenvalue weighted by molar-refractivity contribution is -0.119. The average molecular weight is 214 g/mol. The normalized spacial score (nSPS) is 14.7. The summed E-state index contributed by atoms with van der Waals surface area (Å²) in [5, 5.41) is 7.16. The Hall–Kier alpha value is -2.10. The van der Waals surface area contributed by atoms with E-state index in [9.17, 15) is 9.59 Å². The van der Waals surface area contributed by atoms with Crippen LogP contribution in [0.2, 0.25) is 0 Å². The van der Waals surface area contributed by atoms with E-state index in [0.717, 1.165) is 5.56 Å². The van der Waals surface area contributed by atoms with Crippen LogP contribution in [0.25, 0.3) is 0 Å². The Morgan fingerprint density at radius 1 is 1.19 bits per heavy atom. The van der Waals surface area contributed by atoms with Gasteiger partial charge in [-0.15, -0.1) is 5.11 Å². The van der Waals surface area contributed by atoms with Gasteiger partial charge in [0.1, 0.15) is 5.57 Å². The van der Waals surface area contributed by atoms with Crippen LogP contribution in [0.3, 0.4) is 0 Å². The van der Waals surface area contributed by atoms with Gasteiger partial charge in [-0.2, -0.15) is 5.11 Å². The van der Waals surface area contributed by atoms with Crippen molar-refractivity contribution in [2.75, 3.05) is 0 Å². The van der Waals surface area contributed by atoms with Crippen molar-refractivity contribution in [3.63, 3.8) is 0 Å². The molecular weight excluding hydrogens is 204 g/mol. The Labute approximate surface area is 92.7 Å². The Morgan fingerprint density at radius 2 is 1.88 bits per heavy atom. The van der Waals surface area contributed by atoms with Crippen molar-refractivity contribution >= 4 is 11.7 Å². The van der Waals surface area contributed by atoms with Gasteiger partial charge < -0.3 is 0 Å². The van der Waals surface area contributed by atoms with Crippen LogP contribution in [0.5, 0.6) is 0 Å². The van der Waals surface area contributed by atoms with Gasteiger partial charge in [0.25, 0.3) is 0 Å². The summed E-state index contributed by atoms with van der Waals surface area (Å²) in [7, 11) is 0. The van der Waals surface area contributed by atoms with Crippen LogP contribution in [-0.2, 0) is 16.0 Å². The highest BCUT2D eigenvalue weighted by molar-refractivity contribution is 6.20. The minimum atomic E-state index is -0.529. The van der Waals surface area contributed by atoms with Gasteiger partial charge in [-0.25, -0.2) is 0 Å². The van der Waals surface area contributed by atoms with Crippen molar-refractivity contribution in [1.82, 2.24) is 0 Å². The van der Waals surface area contributed by atoms with Gasteiger partial charge in [0.05, 0.1) is 5.70 Å². The van der Waals surface area contributed by atoms with Crippen LogP contribution in [0.15, 0.2) is 51.8 Å². The third-order valence-electron chi connectivity index (χ3n) is 2.33. The number of hydrogen-bond acceptors (Lipinski definition) is 3. The van der Waals surface area contributed by atoms with Gasteiger partial charge in [-0.1, -0.05) is 30.3 Å². The molecule has 0 aliphatic carbocycles. The van der Waals surface area contributed by atoms with E-state index in [1.807, 2.05) is 30.3 Å². The number of Topliss-reactive ketones (excluding diaryl/α,β-unsaturated/α-hetero) is 1. The highest BCUT2D eigenvalue weighted by Gasteiger charge is 2.24. The van der Waals surface area contributed by atoms with Crippen LogP contribution < -0.4 is 0 Å². The Bertz CT molecular complexity index is 501. The lowest BCUT2D eigenvalue weighted by Gasteiger charge is -2.00. The maximum absolute atomic E-state index is 11.3. The van der Waals surface area contributed by atoms with Crippen LogP contribution >= 0.6 is 0 Å². The molecule has 0 aromatic heterocycles. The number of carbonyl (C=O) groups is 2. The zero-order valence-electron chi connectivity index (χ0n) is 8.80. The van der Waals surface area contributed by atoms with Gasteiger partial charge >= 0.3 is 5.91 Å². The number of azo groups is 1. The first-order valence-corrected chi connectivity index (χ1v) is 4.92. The van der Waals surface area contributed by atoms with Crippen molar-refractivity contribution < 1.29 is 9.59 Å². The molecular formula is C12H10N2O2. The summed E-state index contributed by atoms with van der Waals surface area (Å²) in [6.45, 7) is 1.36. The fraction of sp³-hybridized carbons (Fsp3) is 0.167. The molecule has 16 heavy (non-hydrogen) atoms. The first-order valence-electron chi connectivity index (χ1n) is 4.92. The second-order valence-corrected chi connectivity index (χ2v) is 3.55. The van der Waals surface area contributed by atoms with Crippen LogP contribution in [0, 0.1) is 0 Å². The quantitative estimate of drug-likeness (QED) is 0.723. The molecule has 1 heterocycles. The van der Waals surface area contributed by atoms with Crippen molar-refractivity contribution in [2.45, 2.75) is 13.3 Å². The fourth-order valence-corrected chi connectivity index (χ4v) is 1.60. The Kier molecular flexibility index (Phi) is 2.72. The summed E-state index contributed by atoms with van der Waals surface area (Å²) in [6.07, 6.45) is 0.463. The first kappa shape index (κ1) is 10.4. The summed E-state index contributed by atoms with van der Waals surface area (Å²) in [5.41, 5.74) is 1.58. The fourth-order valence-electron chi connectivity index (χ4n) is 1.60. The second-order valence-electron chi connectivity index (χ2n) is 3.55. The third-order valence-corrected chi connectivity index (χ3v) is 2.33. The molecule has 0 unspecified atom stereocenters. The largest absolute Gasteiger partial charge is 0.300 e. The number of nitrogens with zero attached hydrogens (tertiary/aromatic N) is 2. The number of ketones is 1. The molecule has 0 radical (unpaired) electrons. The van der Waals surface area contributed by atoms with Gasteiger partial charge in [0, 0.05) is 6.42 Å². The molecule has 4 heteroatoms. The van der Waals surface area contributed by atoms with E-state index >= 15 is 0 Å². The van der Waals surface area contributed by atoms with Crippen molar-refractivity contribution in [2.24, 2.45) is 10.2 Å². The van der Waals surface area contributed by atoms with Crippen molar-refractivity contribution in [3.8, 4) is 0 Å². The van der Waals surface area contributed by atoms with Crippen LogP contribution in [0.1, 0.15) is 12.5 Å².